The van der Waals surface area contributed by atoms with Gasteiger partial charge in [-0.05, 0) is 4.57 Å². The van der Waals surface area contributed by atoms with Crippen LogP contribution in [0.2, 0.25) is 0 Å². The Morgan fingerprint density at radius 2 is 2.32 bits per heavy atom. The van der Waals surface area contributed by atoms with Crippen molar-refractivity contribution in [3.63, 3.8) is 0 Å². The van der Waals surface area contributed by atoms with Crippen LogP contribution in [0.4, 0.5) is 4.39 Å². The molecule has 134 valence electrons. The van der Waals surface area contributed by atoms with Crippen LogP contribution in [0.5, 0.6) is 5.88 Å². The summed E-state index contributed by atoms with van der Waals surface area (Å²) in [5, 5.41) is 9.37. The topological polar surface area (TPSA) is 109 Å². The quantitative estimate of drug-likeness (QED) is 0.418. The Hall–Kier alpha value is -1.65. The smallest absolute Gasteiger partial charge is 0.472 e. The molecule has 5 atom stereocenters. The normalized spacial score (nSPS) is 26.8. The zero-order chi connectivity index (χ0) is 18.0. The minimum atomic E-state index is -2.36. The van der Waals surface area contributed by atoms with E-state index in [1.54, 1.807) is 6.08 Å². The van der Waals surface area contributed by atoms with Crippen LogP contribution < -0.4 is 4.74 Å². The van der Waals surface area contributed by atoms with Gasteiger partial charge in [-0.15, -0.1) is 4.52 Å². The van der Waals surface area contributed by atoms with Crippen LogP contribution in [-0.2, 0) is 13.8 Å². The van der Waals surface area contributed by atoms with Crippen molar-refractivity contribution in [2.24, 2.45) is 0 Å². The third-order valence-electron chi connectivity index (χ3n) is 3.60. The molecule has 0 amide bonds. The van der Waals surface area contributed by atoms with E-state index in [9.17, 15) is 14.1 Å². The molecule has 2 unspecified atom stereocenters. The fraction of sp³-hybridized carbons (Fsp3) is 0.462. The molecular weight excluding hydrogens is 374 g/mol. The molecule has 25 heavy (non-hydrogen) atoms. The Bertz CT molecular complexity index is 793. The summed E-state index contributed by atoms with van der Waals surface area (Å²) in [7, 11) is -2.36. The predicted octanol–water partition coefficient (Wildman–Crippen LogP) is 1.59. The van der Waals surface area contributed by atoms with Crippen LogP contribution in [0.15, 0.2) is 25.3 Å². The van der Waals surface area contributed by atoms with Gasteiger partial charge in [0, 0.05) is 0 Å². The van der Waals surface area contributed by atoms with Crippen LogP contribution in [-0.4, -0.2) is 56.2 Å². The van der Waals surface area contributed by atoms with Crippen LogP contribution >= 0.6 is 19.5 Å². The van der Waals surface area contributed by atoms with Gasteiger partial charge in [-0.25, -0.2) is 14.4 Å². The standard InChI is InChI=1S/C13H14FN4O5PS/c1-2-3-21-12-9-11(15-5-16-12)18(6-17-9)13-8(14)10(23-24(20)25)7(4-19)22-13/h2,5-8,10,13,19H,1,3-4H2/p+1/t7-,8-,10-,13?/m1/s1. The van der Waals surface area contributed by atoms with Crippen molar-refractivity contribution in [2.45, 2.75) is 24.6 Å². The second-order valence-electron chi connectivity index (χ2n) is 5.10. The molecule has 0 aromatic carbocycles. The van der Waals surface area contributed by atoms with Gasteiger partial charge in [0.05, 0.1) is 12.9 Å². The molecule has 0 aliphatic carbocycles. The zero-order valence-corrected chi connectivity index (χ0v) is 14.6. The number of aliphatic hydroxyl groups is 1. The minimum absolute atomic E-state index is 0.224. The number of ether oxygens (including phenoxy) is 2. The lowest BCUT2D eigenvalue weighted by molar-refractivity contribution is -0.0427. The first-order valence-electron chi connectivity index (χ1n) is 7.21. The van der Waals surface area contributed by atoms with E-state index in [0.29, 0.717) is 5.52 Å². The largest absolute Gasteiger partial charge is 0.582 e. The third-order valence-corrected chi connectivity index (χ3v) is 4.30. The zero-order valence-electron chi connectivity index (χ0n) is 12.8. The number of aromatic nitrogens is 4. The van der Waals surface area contributed by atoms with Crippen LogP contribution in [0.3, 0.4) is 0 Å². The number of rotatable bonds is 7. The van der Waals surface area contributed by atoms with Crippen molar-refractivity contribution in [1.82, 2.24) is 19.5 Å². The van der Waals surface area contributed by atoms with E-state index in [1.165, 1.54) is 17.2 Å². The molecule has 3 rings (SSSR count). The van der Waals surface area contributed by atoms with Crippen molar-refractivity contribution in [3.8, 4) is 5.88 Å². The first-order valence-corrected chi connectivity index (χ1v) is 9.54. The molecule has 1 aliphatic heterocycles. The summed E-state index contributed by atoms with van der Waals surface area (Å²) in [6.07, 6.45) is -0.979. The second kappa shape index (κ2) is 7.71. The molecule has 2 aromatic heterocycles. The summed E-state index contributed by atoms with van der Waals surface area (Å²) in [4.78, 5) is 12.2. The monoisotopic (exact) mass is 389 g/mol. The summed E-state index contributed by atoms with van der Waals surface area (Å²) in [6.45, 7) is 3.27. The van der Waals surface area contributed by atoms with E-state index >= 15 is 0 Å². The van der Waals surface area contributed by atoms with Crippen LogP contribution in [0, 0.1) is 0 Å². The SMILES string of the molecule is C=CCOc1ncnc2c1ncn2C1O[C@H](CO)[C@@H](O[P+](=O)S)[C@H]1F. The average Bonchev–Trinajstić information content (AvgIpc) is 3.15. The maximum atomic E-state index is 14.8. The first-order chi connectivity index (χ1) is 12.1. The molecule has 1 aliphatic rings. The Kier molecular flexibility index (Phi) is 5.60. The van der Waals surface area contributed by atoms with Gasteiger partial charge >= 0.3 is 7.23 Å². The molecule has 0 spiro atoms. The van der Waals surface area contributed by atoms with Gasteiger partial charge in [0.15, 0.2) is 29.7 Å². The maximum absolute atomic E-state index is 14.8. The highest BCUT2D eigenvalue weighted by Gasteiger charge is 2.51. The Morgan fingerprint density at radius 1 is 1.52 bits per heavy atom. The van der Waals surface area contributed by atoms with Crippen molar-refractivity contribution in [2.75, 3.05) is 13.2 Å². The highest BCUT2D eigenvalue weighted by Crippen LogP contribution is 2.41. The summed E-state index contributed by atoms with van der Waals surface area (Å²) in [5.41, 5.74) is 0.611. The highest BCUT2D eigenvalue weighted by molar-refractivity contribution is 8.39. The van der Waals surface area contributed by atoms with Crippen LogP contribution in [0.1, 0.15) is 6.23 Å². The molecule has 1 fully saturated rings. The van der Waals surface area contributed by atoms with Gasteiger partial charge in [-0.1, -0.05) is 12.7 Å². The molecule has 1 N–H and O–H groups in total. The third kappa shape index (κ3) is 3.51. The van der Waals surface area contributed by atoms with Gasteiger partial charge in [0.25, 0.3) is 0 Å². The fourth-order valence-electron chi connectivity index (χ4n) is 2.56. The lowest BCUT2D eigenvalue weighted by atomic mass is 10.1. The molecule has 9 nitrogen and oxygen atoms in total. The first kappa shape index (κ1) is 18.2. The predicted molar refractivity (Wildman–Crippen MR) is 88.4 cm³/mol. The molecule has 3 heterocycles. The fourth-order valence-corrected chi connectivity index (χ4v) is 3.34. The number of halogens is 1. The van der Waals surface area contributed by atoms with Gasteiger partial charge in [-0.2, -0.15) is 4.98 Å². The van der Waals surface area contributed by atoms with E-state index in [-0.39, 0.29) is 18.1 Å². The number of fused-ring (bicyclic) bond motifs is 1. The molecule has 2 aromatic rings. The number of alkyl halides is 1. The van der Waals surface area contributed by atoms with Crippen molar-refractivity contribution < 1.29 is 28.1 Å². The van der Waals surface area contributed by atoms with Crippen LogP contribution in [0.25, 0.3) is 11.2 Å². The van der Waals surface area contributed by atoms with E-state index in [2.05, 4.69) is 33.8 Å². The maximum Gasteiger partial charge on any atom is 0.582 e. The Morgan fingerprint density at radius 3 is 3.00 bits per heavy atom. The number of hydrogen-bond donors (Lipinski definition) is 2. The van der Waals surface area contributed by atoms with E-state index in [1.807, 2.05) is 0 Å². The molecule has 1 saturated heterocycles. The summed E-state index contributed by atoms with van der Waals surface area (Å²) in [6, 6.07) is 0. The second-order valence-corrected chi connectivity index (χ2v) is 6.77. The molecular formula is C13H15FN4O5PS+. The van der Waals surface area contributed by atoms with Crippen molar-refractivity contribution in [3.05, 3.63) is 25.3 Å². The Labute approximate surface area is 147 Å². The summed E-state index contributed by atoms with van der Waals surface area (Å²) < 4.78 is 43.2. The molecule has 0 bridgehead atoms. The van der Waals surface area contributed by atoms with E-state index in [0.717, 1.165) is 0 Å². The summed E-state index contributed by atoms with van der Waals surface area (Å²) >= 11 is 3.62. The lowest BCUT2D eigenvalue weighted by Gasteiger charge is -2.14. The number of nitrogens with zero attached hydrogens (tertiary/aromatic N) is 4. The highest BCUT2D eigenvalue weighted by atomic mass is 32.7. The van der Waals surface area contributed by atoms with Gasteiger partial charge < -0.3 is 14.6 Å². The van der Waals surface area contributed by atoms with Crippen molar-refractivity contribution >= 4 is 30.6 Å². The molecule has 0 saturated carbocycles. The number of aliphatic hydroxyl groups excluding tert-OH is 1. The molecule has 0 radical (unpaired) electrons. The van der Waals surface area contributed by atoms with Gasteiger partial charge in [0.1, 0.15) is 31.3 Å². The number of thiol groups is 1. The Balaban J connectivity index is 1.94. The summed E-state index contributed by atoms with van der Waals surface area (Å²) in [5.74, 6) is 0.224. The average molecular weight is 389 g/mol. The van der Waals surface area contributed by atoms with Gasteiger partial charge in [-0.3, -0.25) is 4.57 Å². The number of hydrogen-bond acceptors (Lipinski definition) is 8. The molecule has 12 heteroatoms. The lowest BCUT2D eigenvalue weighted by Crippen LogP contribution is -2.31. The van der Waals surface area contributed by atoms with Gasteiger partial charge in [0.2, 0.25) is 5.88 Å². The van der Waals surface area contributed by atoms with E-state index < -0.39 is 38.4 Å². The van der Waals surface area contributed by atoms with Crippen molar-refractivity contribution in [1.29, 1.82) is 0 Å². The number of imidazole rings is 1. The minimum Gasteiger partial charge on any atom is -0.472 e. The van der Waals surface area contributed by atoms with E-state index in [4.69, 9.17) is 14.0 Å².